The molecule has 0 unspecified atom stereocenters. The highest BCUT2D eigenvalue weighted by molar-refractivity contribution is 7.90. The highest BCUT2D eigenvalue weighted by atomic mass is 32.2. The Balaban J connectivity index is 1.47. The third-order valence-corrected chi connectivity index (χ3v) is 7.90. The molecule has 0 saturated carbocycles. The van der Waals surface area contributed by atoms with E-state index in [1.54, 1.807) is 60.8 Å². The summed E-state index contributed by atoms with van der Waals surface area (Å²) >= 11 is 0. The molecule has 6 rings (SSSR count). The van der Waals surface area contributed by atoms with Gasteiger partial charge in [-0.1, -0.05) is 17.7 Å². The van der Waals surface area contributed by atoms with Gasteiger partial charge in [-0.25, -0.2) is 12.4 Å². The van der Waals surface area contributed by atoms with Crippen LogP contribution in [0.4, 0.5) is 23.1 Å². The first-order valence-electron chi connectivity index (χ1n) is 11.9. The number of H-pyrrole nitrogens is 1. The van der Waals surface area contributed by atoms with Gasteiger partial charge in [0.05, 0.1) is 22.0 Å². The summed E-state index contributed by atoms with van der Waals surface area (Å²) in [4.78, 5) is 20.8. The van der Waals surface area contributed by atoms with Crippen molar-refractivity contribution in [1.82, 2.24) is 24.1 Å². The van der Waals surface area contributed by atoms with Crippen LogP contribution in [0.2, 0.25) is 0 Å². The number of aromatic amines is 1. The molecule has 6 aromatic rings. The number of nitrogens with zero attached hydrogens (tertiary/aromatic N) is 4. The van der Waals surface area contributed by atoms with Crippen molar-refractivity contribution in [2.75, 3.05) is 10.6 Å². The average molecular weight is 539 g/mol. The summed E-state index contributed by atoms with van der Waals surface area (Å²) in [5.74, 6) is 0.00515. The largest absolute Gasteiger partial charge is 0.366 e. The molecule has 0 aliphatic heterocycles. The molecule has 194 valence electrons. The quantitative estimate of drug-likeness (QED) is 0.232. The van der Waals surface area contributed by atoms with E-state index >= 15 is 0 Å². The fourth-order valence-electron chi connectivity index (χ4n) is 4.16. The summed E-state index contributed by atoms with van der Waals surface area (Å²) in [6, 6.07) is 20.4. The number of hydrogen-bond acceptors (Lipinski definition) is 8. The normalized spacial score (nSPS) is 11.6. The van der Waals surface area contributed by atoms with Crippen LogP contribution in [0.15, 0.2) is 90.1 Å². The number of carbonyl (C=O) groups is 1. The number of hydrogen-bond donors (Lipinski definition) is 4. The second kappa shape index (κ2) is 9.26. The molecule has 3 heterocycles. The summed E-state index contributed by atoms with van der Waals surface area (Å²) in [7, 11) is -3.95. The lowest BCUT2D eigenvalue weighted by Crippen LogP contribution is -2.13. The number of aromatic nitrogens is 5. The smallest absolute Gasteiger partial charge is 0.269 e. The molecule has 11 nitrogen and oxygen atoms in total. The van der Waals surface area contributed by atoms with E-state index in [1.807, 2.05) is 25.1 Å². The Kier molecular flexibility index (Phi) is 5.73. The molecular formula is C27H22N8O3S. The van der Waals surface area contributed by atoms with Crippen molar-refractivity contribution in [2.24, 2.45) is 5.73 Å². The van der Waals surface area contributed by atoms with Gasteiger partial charge in [0.1, 0.15) is 5.82 Å². The molecule has 0 bridgehead atoms. The molecule has 5 N–H and O–H groups in total. The van der Waals surface area contributed by atoms with Crippen LogP contribution >= 0.6 is 0 Å². The molecule has 0 aliphatic rings. The Hall–Kier alpha value is -5.23. The third kappa shape index (κ3) is 4.53. The maximum atomic E-state index is 13.6. The van der Waals surface area contributed by atoms with Crippen LogP contribution in [0.5, 0.6) is 0 Å². The van der Waals surface area contributed by atoms with Gasteiger partial charge in [0.25, 0.3) is 10.0 Å². The number of fused-ring (bicyclic) bond motifs is 2. The van der Waals surface area contributed by atoms with Gasteiger partial charge in [-0.2, -0.15) is 15.1 Å². The van der Waals surface area contributed by atoms with Crippen molar-refractivity contribution in [2.45, 2.75) is 11.8 Å². The number of aryl methyl sites for hydroxylation is 1. The summed E-state index contributed by atoms with van der Waals surface area (Å²) in [6.07, 6.45) is 3.19. The number of carbonyl (C=O) groups excluding carboxylic acids is 1. The fourth-order valence-corrected chi connectivity index (χ4v) is 5.45. The van der Waals surface area contributed by atoms with Gasteiger partial charge in [0.2, 0.25) is 11.9 Å². The number of amides is 1. The molecule has 0 atom stereocenters. The maximum Gasteiger partial charge on any atom is 0.269 e. The lowest BCUT2D eigenvalue weighted by atomic mass is 10.2. The third-order valence-electron chi connectivity index (χ3n) is 6.22. The highest BCUT2D eigenvalue weighted by Gasteiger charge is 2.22. The van der Waals surface area contributed by atoms with Crippen molar-refractivity contribution in [3.63, 3.8) is 0 Å². The van der Waals surface area contributed by atoms with Gasteiger partial charge in [-0.05, 0) is 67.6 Å². The van der Waals surface area contributed by atoms with Crippen LogP contribution < -0.4 is 16.4 Å². The predicted molar refractivity (Wildman–Crippen MR) is 149 cm³/mol. The Bertz CT molecular complexity index is 1960. The number of anilines is 4. The van der Waals surface area contributed by atoms with Crippen molar-refractivity contribution < 1.29 is 13.2 Å². The molecule has 12 heteroatoms. The zero-order valence-electron chi connectivity index (χ0n) is 20.6. The van der Waals surface area contributed by atoms with E-state index in [4.69, 9.17) is 5.73 Å². The van der Waals surface area contributed by atoms with E-state index in [9.17, 15) is 13.2 Å². The Morgan fingerprint density at radius 3 is 2.41 bits per heavy atom. The van der Waals surface area contributed by atoms with Gasteiger partial charge in [0.15, 0.2) is 5.65 Å². The molecule has 0 spiro atoms. The van der Waals surface area contributed by atoms with Crippen LogP contribution in [0.1, 0.15) is 15.9 Å². The SMILES string of the molecule is Cc1ccc(S(=O)(=O)n2ccc3c(Nc4ccc5cn[nH]c5c4)nc(Nc4ccc(C(N)=O)cc4)nc32)cc1. The van der Waals surface area contributed by atoms with Gasteiger partial charge in [0, 0.05) is 28.5 Å². The van der Waals surface area contributed by atoms with E-state index in [-0.39, 0.29) is 16.5 Å². The lowest BCUT2D eigenvalue weighted by Gasteiger charge is -2.12. The van der Waals surface area contributed by atoms with Crippen molar-refractivity contribution in [3.8, 4) is 0 Å². The van der Waals surface area contributed by atoms with Crippen LogP contribution in [0.25, 0.3) is 21.9 Å². The molecule has 3 aromatic carbocycles. The molecular weight excluding hydrogens is 516 g/mol. The molecule has 1 amide bonds. The van der Waals surface area contributed by atoms with E-state index in [0.717, 1.165) is 26.1 Å². The summed E-state index contributed by atoms with van der Waals surface area (Å²) in [6.45, 7) is 1.89. The predicted octanol–water partition coefficient (Wildman–Crippen LogP) is 4.44. The summed E-state index contributed by atoms with van der Waals surface area (Å²) < 4.78 is 28.3. The Labute approximate surface area is 222 Å². The van der Waals surface area contributed by atoms with E-state index in [0.29, 0.717) is 22.5 Å². The van der Waals surface area contributed by atoms with Gasteiger partial charge in [-0.3, -0.25) is 9.89 Å². The zero-order valence-corrected chi connectivity index (χ0v) is 21.4. The molecule has 3 aromatic heterocycles. The molecule has 0 radical (unpaired) electrons. The highest BCUT2D eigenvalue weighted by Crippen LogP contribution is 2.30. The van der Waals surface area contributed by atoms with Gasteiger partial charge in [-0.15, -0.1) is 0 Å². The van der Waals surface area contributed by atoms with E-state index < -0.39 is 15.9 Å². The first-order chi connectivity index (χ1) is 18.8. The van der Waals surface area contributed by atoms with Gasteiger partial charge >= 0.3 is 0 Å². The van der Waals surface area contributed by atoms with E-state index in [1.165, 1.54) is 6.20 Å². The summed E-state index contributed by atoms with van der Waals surface area (Å²) in [5, 5.41) is 14.8. The molecule has 0 fully saturated rings. The standard InChI is InChI=1S/C27H22N8O3S/c1-16-2-10-21(11-3-16)39(37,38)35-13-12-22-25(30-20-9-6-18-15-29-34-23(18)14-20)32-27(33-26(22)35)31-19-7-4-17(5-8-19)24(28)36/h2-15H,1H3,(H2,28,36)(H,29,34)(H2,30,31,32,33). The first kappa shape index (κ1) is 24.1. The van der Waals surface area contributed by atoms with Crippen molar-refractivity contribution in [1.29, 1.82) is 0 Å². The number of nitrogens with one attached hydrogen (secondary N) is 3. The topological polar surface area (TPSA) is 161 Å². The molecule has 0 aliphatic carbocycles. The van der Waals surface area contributed by atoms with Crippen LogP contribution in [0, 0.1) is 6.92 Å². The van der Waals surface area contributed by atoms with E-state index in [2.05, 4.69) is 30.8 Å². The van der Waals surface area contributed by atoms with Crippen LogP contribution in [-0.2, 0) is 10.0 Å². The number of benzene rings is 3. The number of primary amides is 1. The minimum absolute atomic E-state index is 0.139. The summed E-state index contributed by atoms with van der Waals surface area (Å²) in [5.41, 5.74) is 8.97. The second-order valence-corrected chi connectivity index (χ2v) is 10.7. The van der Waals surface area contributed by atoms with Crippen molar-refractivity contribution in [3.05, 3.63) is 96.3 Å². The molecule has 39 heavy (non-hydrogen) atoms. The first-order valence-corrected chi connectivity index (χ1v) is 13.3. The number of rotatable bonds is 7. The zero-order chi connectivity index (χ0) is 27.1. The molecule has 0 saturated heterocycles. The monoisotopic (exact) mass is 538 g/mol. The minimum Gasteiger partial charge on any atom is -0.366 e. The maximum absolute atomic E-state index is 13.6. The fraction of sp³-hybridized carbons (Fsp3) is 0.0370. The van der Waals surface area contributed by atoms with Gasteiger partial charge < -0.3 is 16.4 Å². The lowest BCUT2D eigenvalue weighted by molar-refractivity contribution is 0.100. The average Bonchev–Trinajstić information content (AvgIpc) is 3.57. The Morgan fingerprint density at radius 2 is 1.67 bits per heavy atom. The van der Waals surface area contributed by atoms with Crippen LogP contribution in [0.3, 0.4) is 0 Å². The van der Waals surface area contributed by atoms with Crippen LogP contribution in [-0.4, -0.2) is 38.5 Å². The van der Waals surface area contributed by atoms with Crippen molar-refractivity contribution >= 4 is 61.0 Å². The second-order valence-electron chi connectivity index (χ2n) is 8.93. The number of nitrogens with two attached hydrogens (primary N) is 1. The minimum atomic E-state index is -3.95. The Morgan fingerprint density at radius 1 is 0.923 bits per heavy atom.